The van der Waals surface area contributed by atoms with Gasteiger partial charge >= 0.3 is 6.03 Å². The maximum Gasteiger partial charge on any atom is 0.339 e. The average molecular weight is 504 g/mol. The first-order valence-corrected chi connectivity index (χ1v) is 12.2. The molecule has 1 atom stereocenters. The molecule has 3 aromatic heterocycles. The highest BCUT2D eigenvalue weighted by Gasteiger charge is 2.47. The largest absolute Gasteiger partial charge is 0.350 e. The van der Waals surface area contributed by atoms with Gasteiger partial charge in [-0.05, 0) is 41.3 Å². The predicted octanol–water partition coefficient (Wildman–Crippen LogP) is 4.17. The van der Waals surface area contributed by atoms with Crippen molar-refractivity contribution in [3.63, 3.8) is 0 Å². The Balaban J connectivity index is 1.36. The van der Waals surface area contributed by atoms with E-state index in [2.05, 4.69) is 27.2 Å². The first-order chi connectivity index (χ1) is 18.5. The molecule has 38 heavy (non-hydrogen) atoms. The lowest BCUT2D eigenvalue weighted by atomic mass is 9.80. The Morgan fingerprint density at radius 2 is 1.87 bits per heavy atom. The van der Waals surface area contributed by atoms with Crippen LogP contribution in [0.5, 0.6) is 0 Å². The summed E-state index contributed by atoms with van der Waals surface area (Å²) >= 11 is 0. The van der Waals surface area contributed by atoms with Gasteiger partial charge in [0.2, 0.25) is 0 Å². The maximum atomic E-state index is 12.4. The lowest BCUT2D eigenvalue weighted by Gasteiger charge is -2.36. The van der Waals surface area contributed by atoms with Crippen LogP contribution >= 0.6 is 0 Å². The number of aryl methyl sites for hydroxylation is 1. The van der Waals surface area contributed by atoms with Crippen molar-refractivity contribution in [2.75, 3.05) is 11.9 Å². The van der Waals surface area contributed by atoms with Gasteiger partial charge in [-0.25, -0.2) is 9.78 Å². The van der Waals surface area contributed by atoms with Gasteiger partial charge in [-0.2, -0.15) is 10.2 Å². The Kier molecular flexibility index (Phi) is 5.79. The normalized spacial score (nSPS) is 16.8. The number of fused-ring (bicyclic) bond motifs is 1. The Morgan fingerprint density at radius 1 is 1.03 bits per heavy atom. The molecule has 0 aliphatic carbocycles. The number of nitrogens with zero attached hydrogens (tertiary/aromatic N) is 5. The minimum atomic E-state index is -0.833. The first kappa shape index (κ1) is 23.3. The van der Waals surface area contributed by atoms with Crippen molar-refractivity contribution in [2.24, 2.45) is 12.8 Å². The van der Waals surface area contributed by atoms with Crippen molar-refractivity contribution in [3.05, 3.63) is 114 Å². The van der Waals surface area contributed by atoms with E-state index in [4.69, 9.17) is 10.6 Å². The van der Waals surface area contributed by atoms with E-state index in [1.54, 1.807) is 10.9 Å². The fourth-order valence-corrected chi connectivity index (χ4v) is 4.96. The molecular formula is C29H25N7O2. The quantitative estimate of drug-likeness (QED) is 0.359. The van der Waals surface area contributed by atoms with Crippen molar-refractivity contribution in [2.45, 2.75) is 12.0 Å². The van der Waals surface area contributed by atoms with Crippen LogP contribution in [0.2, 0.25) is 0 Å². The zero-order chi connectivity index (χ0) is 26.1. The minimum Gasteiger partial charge on any atom is -0.350 e. The predicted molar refractivity (Wildman–Crippen MR) is 143 cm³/mol. The van der Waals surface area contributed by atoms with Crippen LogP contribution in [0, 0.1) is 11.8 Å². The number of rotatable bonds is 4. The summed E-state index contributed by atoms with van der Waals surface area (Å²) in [6.45, 7) is 0.379. The maximum absolute atomic E-state index is 12.4. The van der Waals surface area contributed by atoms with Crippen LogP contribution in [0.3, 0.4) is 0 Å². The molecule has 6 rings (SSSR count). The molecule has 2 amide bonds. The van der Waals surface area contributed by atoms with Gasteiger partial charge in [-0.1, -0.05) is 48.4 Å². The third kappa shape index (κ3) is 4.03. The molecular weight excluding hydrogens is 478 g/mol. The van der Waals surface area contributed by atoms with Crippen molar-refractivity contribution in [1.29, 1.82) is 0 Å². The summed E-state index contributed by atoms with van der Waals surface area (Å²) in [6.07, 6.45) is 6.13. The Bertz CT molecular complexity index is 1700. The molecule has 2 aromatic carbocycles. The molecule has 1 unspecified atom stereocenters. The van der Waals surface area contributed by atoms with E-state index in [9.17, 15) is 4.79 Å². The molecule has 5 aromatic rings. The number of anilines is 2. The summed E-state index contributed by atoms with van der Waals surface area (Å²) in [4.78, 5) is 22.7. The van der Waals surface area contributed by atoms with Gasteiger partial charge in [0.25, 0.3) is 0 Å². The Hall–Kier alpha value is -5.07. The monoisotopic (exact) mass is 503 g/mol. The second kappa shape index (κ2) is 9.42. The topological polar surface area (TPSA) is 103 Å². The van der Waals surface area contributed by atoms with E-state index < -0.39 is 11.6 Å². The number of hydroxylamine groups is 2. The lowest BCUT2D eigenvalue weighted by Crippen LogP contribution is -2.47. The number of pyridine rings is 1. The van der Waals surface area contributed by atoms with E-state index in [0.717, 1.165) is 39.5 Å². The second-order valence-corrected chi connectivity index (χ2v) is 9.03. The number of nitrogens with one attached hydrogen (secondary N) is 1. The molecule has 0 bridgehead atoms. The van der Waals surface area contributed by atoms with E-state index in [-0.39, 0.29) is 0 Å². The Morgan fingerprint density at radius 3 is 2.66 bits per heavy atom. The smallest absolute Gasteiger partial charge is 0.339 e. The van der Waals surface area contributed by atoms with Gasteiger partial charge in [0, 0.05) is 37.5 Å². The first-order valence-electron chi connectivity index (χ1n) is 12.2. The zero-order valence-electron chi connectivity index (χ0n) is 20.7. The molecule has 1 aliphatic rings. The number of aromatic nitrogens is 4. The van der Waals surface area contributed by atoms with E-state index in [0.29, 0.717) is 13.0 Å². The summed E-state index contributed by atoms with van der Waals surface area (Å²) in [6, 6.07) is 22.8. The van der Waals surface area contributed by atoms with E-state index in [1.165, 1.54) is 5.06 Å². The van der Waals surface area contributed by atoms with Crippen molar-refractivity contribution in [1.82, 2.24) is 24.2 Å². The molecule has 188 valence electrons. The Labute approximate surface area is 219 Å². The molecule has 0 spiro atoms. The van der Waals surface area contributed by atoms with Crippen molar-refractivity contribution in [3.8, 4) is 11.8 Å². The highest BCUT2D eigenvalue weighted by molar-refractivity contribution is 5.74. The van der Waals surface area contributed by atoms with Crippen LogP contribution in [-0.4, -0.2) is 36.9 Å². The van der Waals surface area contributed by atoms with Gasteiger partial charge < -0.3 is 11.1 Å². The summed E-state index contributed by atoms with van der Waals surface area (Å²) in [5.74, 6) is 7.25. The number of benzene rings is 2. The third-order valence-electron chi connectivity index (χ3n) is 6.67. The van der Waals surface area contributed by atoms with Crippen molar-refractivity contribution < 1.29 is 9.63 Å². The summed E-state index contributed by atoms with van der Waals surface area (Å²) < 4.78 is 3.68. The molecule has 3 N–H and O–H groups in total. The highest BCUT2D eigenvalue weighted by Crippen LogP contribution is 2.43. The van der Waals surface area contributed by atoms with Crippen LogP contribution < -0.4 is 11.1 Å². The van der Waals surface area contributed by atoms with Gasteiger partial charge in [0.05, 0.1) is 18.5 Å². The van der Waals surface area contributed by atoms with Crippen LogP contribution in [-0.2, 0) is 17.4 Å². The van der Waals surface area contributed by atoms with Gasteiger partial charge in [0.15, 0.2) is 11.5 Å². The fourth-order valence-electron chi connectivity index (χ4n) is 4.96. The second-order valence-electron chi connectivity index (χ2n) is 9.03. The number of carbonyl (C=O) groups excluding carboxylic acids is 1. The minimum absolute atomic E-state index is 0.379. The molecule has 0 saturated carbocycles. The number of amides is 2. The standard InChI is InChI=1S/C29H25N7O2/c1-34-17-14-26(33-34)32-25-11-6-16-35-24(20-31-27(25)35)13-12-21-7-5-10-23(19-21)29(22-8-3-2-4-9-22)15-18-38-36(29)28(30)37/h2-11,14,16-17,19-20H,15,18H2,1H3,(H2,30,37)(H,32,33). The van der Waals surface area contributed by atoms with E-state index >= 15 is 0 Å². The summed E-state index contributed by atoms with van der Waals surface area (Å²) in [5, 5.41) is 8.98. The molecule has 1 fully saturated rings. The fraction of sp³-hybridized carbons (Fsp3) is 0.138. The molecule has 9 heteroatoms. The molecule has 4 heterocycles. The van der Waals surface area contributed by atoms with Crippen LogP contribution in [0.25, 0.3) is 5.65 Å². The van der Waals surface area contributed by atoms with Crippen LogP contribution in [0.15, 0.2) is 91.4 Å². The number of nitrogens with two attached hydrogens (primary N) is 1. The van der Waals surface area contributed by atoms with Crippen LogP contribution in [0.1, 0.15) is 28.8 Å². The SMILES string of the molecule is Cn1ccc(Nc2cccn3c(C#Cc4cccc(C5(c6ccccc6)CCON5C(N)=O)c4)cnc23)n1. The highest BCUT2D eigenvalue weighted by atomic mass is 16.7. The third-order valence-corrected chi connectivity index (χ3v) is 6.67. The summed E-state index contributed by atoms with van der Waals surface area (Å²) in [7, 11) is 1.87. The summed E-state index contributed by atoms with van der Waals surface area (Å²) in [5.41, 5.74) is 9.84. The number of primary amides is 1. The zero-order valence-corrected chi connectivity index (χ0v) is 20.7. The van der Waals surface area contributed by atoms with Gasteiger partial charge in [-0.15, -0.1) is 0 Å². The molecule has 9 nitrogen and oxygen atoms in total. The van der Waals surface area contributed by atoms with E-state index in [1.807, 2.05) is 96.6 Å². The molecule has 1 aliphatic heterocycles. The molecule has 0 radical (unpaired) electrons. The van der Waals surface area contributed by atoms with Gasteiger partial charge in [-0.3, -0.25) is 13.9 Å². The average Bonchev–Trinajstić information content (AvgIpc) is 3.67. The van der Waals surface area contributed by atoms with Crippen molar-refractivity contribution >= 4 is 23.2 Å². The number of imidazole rings is 1. The number of urea groups is 1. The lowest BCUT2D eigenvalue weighted by molar-refractivity contribution is -0.107. The van der Waals surface area contributed by atoms with Gasteiger partial charge in [0.1, 0.15) is 11.2 Å². The number of carbonyl (C=O) groups is 1. The number of hydrogen-bond acceptors (Lipinski definition) is 5. The number of hydrogen-bond donors (Lipinski definition) is 2. The van der Waals surface area contributed by atoms with Crippen LogP contribution in [0.4, 0.5) is 16.3 Å². The molecule has 1 saturated heterocycles.